The first-order valence-corrected chi connectivity index (χ1v) is 6.77. The molecule has 7 nitrogen and oxygen atoms in total. The molecule has 8 heteroatoms. The first-order chi connectivity index (χ1) is 8.43. The van der Waals surface area contributed by atoms with Crippen LogP contribution < -0.4 is 11.3 Å². The fraction of sp³-hybridized carbons (Fsp3) is 0.500. The number of nitrogens with zero attached hydrogens (tertiary/aromatic N) is 2. The van der Waals surface area contributed by atoms with Crippen molar-refractivity contribution in [2.24, 2.45) is 5.84 Å². The molecule has 0 radical (unpaired) electrons. The summed E-state index contributed by atoms with van der Waals surface area (Å²) < 4.78 is 30.7. The van der Waals surface area contributed by atoms with Gasteiger partial charge in [0.05, 0.1) is 6.61 Å². The molecule has 0 amide bonds. The highest BCUT2D eigenvalue weighted by Gasteiger charge is 2.25. The second kappa shape index (κ2) is 6.10. The van der Waals surface area contributed by atoms with E-state index >= 15 is 0 Å². The first-order valence-electron chi connectivity index (χ1n) is 5.33. The molecule has 0 bridgehead atoms. The van der Waals surface area contributed by atoms with Crippen molar-refractivity contribution in [3.63, 3.8) is 0 Å². The molecular formula is C10H18N4O3S. The number of rotatable bonds is 6. The van der Waals surface area contributed by atoms with E-state index in [0.29, 0.717) is 12.4 Å². The maximum atomic E-state index is 12.2. The van der Waals surface area contributed by atoms with Crippen LogP contribution in [-0.4, -0.2) is 44.5 Å². The van der Waals surface area contributed by atoms with Crippen LogP contribution in [0.4, 0.5) is 5.82 Å². The van der Waals surface area contributed by atoms with Crippen LogP contribution in [0.3, 0.4) is 0 Å². The molecule has 0 aromatic carbocycles. The number of aromatic nitrogens is 1. The average molecular weight is 274 g/mol. The van der Waals surface area contributed by atoms with Gasteiger partial charge in [-0.15, -0.1) is 0 Å². The summed E-state index contributed by atoms with van der Waals surface area (Å²) in [6, 6.07) is 2.70. The van der Waals surface area contributed by atoms with Gasteiger partial charge in [-0.2, -0.15) is 4.31 Å². The molecular weight excluding hydrogens is 256 g/mol. The fourth-order valence-electron chi connectivity index (χ4n) is 1.37. The van der Waals surface area contributed by atoms with E-state index in [-0.39, 0.29) is 10.9 Å². The number of hydrogen-bond acceptors (Lipinski definition) is 6. The van der Waals surface area contributed by atoms with Gasteiger partial charge in [0.15, 0.2) is 0 Å². The summed E-state index contributed by atoms with van der Waals surface area (Å²) in [7, 11) is -0.527. The average Bonchev–Trinajstić information content (AvgIpc) is 2.38. The van der Waals surface area contributed by atoms with Crippen molar-refractivity contribution in [1.29, 1.82) is 0 Å². The minimum Gasteiger partial charge on any atom is -0.383 e. The number of nitrogen functional groups attached to an aromatic ring is 1. The second-order valence-corrected chi connectivity index (χ2v) is 5.85. The van der Waals surface area contributed by atoms with Crippen LogP contribution in [-0.2, 0) is 14.8 Å². The molecule has 3 N–H and O–H groups in total. The zero-order chi connectivity index (χ0) is 13.8. The summed E-state index contributed by atoms with van der Waals surface area (Å²) in [4.78, 5) is 4.00. The third kappa shape index (κ3) is 3.16. The summed E-state index contributed by atoms with van der Waals surface area (Å²) >= 11 is 0. The molecule has 1 unspecified atom stereocenters. The van der Waals surface area contributed by atoms with E-state index in [1.807, 2.05) is 0 Å². The maximum Gasteiger partial charge on any atom is 0.244 e. The summed E-state index contributed by atoms with van der Waals surface area (Å²) in [5.74, 6) is 5.57. The maximum absolute atomic E-state index is 12.2. The summed E-state index contributed by atoms with van der Waals surface area (Å²) in [5, 5.41) is 0. The number of nitrogens with one attached hydrogen (secondary N) is 1. The molecule has 0 aliphatic heterocycles. The second-order valence-electron chi connectivity index (χ2n) is 3.85. The Bertz CT molecular complexity index is 474. The number of anilines is 1. The van der Waals surface area contributed by atoms with Gasteiger partial charge in [0.1, 0.15) is 10.7 Å². The number of sulfonamides is 1. The van der Waals surface area contributed by atoms with Crippen molar-refractivity contribution in [2.45, 2.75) is 17.9 Å². The lowest BCUT2D eigenvalue weighted by atomic mass is 10.4. The minimum atomic E-state index is -3.56. The van der Waals surface area contributed by atoms with Crippen LogP contribution in [0.1, 0.15) is 6.92 Å². The van der Waals surface area contributed by atoms with E-state index < -0.39 is 10.0 Å². The zero-order valence-corrected chi connectivity index (χ0v) is 11.4. The van der Waals surface area contributed by atoms with E-state index in [4.69, 9.17) is 10.6 Å². The molecule has 1 atom stereocenters. The quantitative estimate of drug-likeness (QED) is 0.561. The molecule has 1 rings (SSSR count). The number of methoxy groups -OCH3 is 1. The number of pyridine rings is 1. The Balaban J connectivity index is 2.97. The smallest absolute Gasteiger partial charge is 0.244 e. The van der Waals surface area contributed by atoms with E-state index in [1.54, 1.807) is 6.92 Å². The van der Waals surface area contributed by atoms with Gasteiger partial charge in [0, 0.05) is 26.4 Å². The molecule has 0 aliphatic carbocycles. The molecule has 1 heterocycles. The molecule has 0 spiro atoms. The van der Waals surface area contributed by atoms with Crippen molar-refractivity contribution < 1.29 is 13.2 Å². The highest BCUT2D eigenvalue weighted by atomic mass is 32.2. The summed E-state index contributed by atoms with van der Waals surface area (Å²) in [6.07, 6.45) is 1.26. The van der Waals surface area contributed by atoms with E-state index in [1.165, 1.54) is 36.8 Å². The molecule has 0 aliphatic rings. The normalized spacial score (nSPS) is 13.6. The van der Waals surface area contributed by atoms with Gasteiger partial charge in [0.2, 0.25) is 10.0 Å². The standard InChI is InChI=1S/C10H18N4O3S/c1-8(7-17-3)14(2)18(15,16)9-4-5-10(13-11)12-6-9/h4-6,8H,7,11H2,1-3H3,(H,12,13). The van der Waals surface area contributed by atoms with Gasteiger partial charge < -0.3 is 10.2 Å². The van der Waals surface area contributed by atoms with Crippen molar-refractivity contribution in [3.05, 3.63) is 18.3 Å². The number of likely N-dealkylation sites (N-methyl/N-ethyl adjacent to an activating group) is 1. The van der Waals surface area contributed by atoms with Crippen LogP contribution in [0, 0.1) is 0 Å². The van der Waals surface area contributed by atoms with Crippen molar-refractivity contribution in [2.75, 3.05) is 26.2 Å². The summed E-state index contributed by atoms with van der Waals surface area (Å²) in [5.41, 5.74) is 2.34. The lowest BCUT2D eigenvalue weighted by Gasteiger charge is -2.23. The van der Waals surface area contributed by atoms with Crippen LogP contribution in [0.25, 0.3) is 0 Å². The van der Waals surface area contributed by atoms with Gasteiger partial charge in [-0.1, -0.05) is 0 Å². The summed E-state index contributed by atoms with van der Waals surface area (Å²) in [6.45, 7) is 2.09. The lowest BCUT2D eigenvalue weighted by molar-refractivity contribution is 0.149. The Morgan fingerprint density at radius 1 is 1.56 bits per heavy atom. The first kappa shape index (κ1) is 14.8. The highest BCUT2D eigenvalue weighted by molar-refractivity contribution is 7.89. The van der Waals surface area contributed by atoms with Gasteiger partial charge in [-0.3, -0.25) is 0 Å². The largest absolute Gasteiger partial charge is 0.383 e. The van der Waals surface area contributed by atoms with Crippen LogP contribution in [0.5, 0.6) is 0 Å². The SMILES string of the molecule is COCC(C)N(C)S(=O)(=O)c1ccc(NN)nc1. The molecule has 1 aromatic heterocycles. The topological polar surface area (TPSA) is 97.5 Å². The molecule has 18 heavy (non-hydrogen) atoms. The molecule has 102 valence electrons. The number of hydrazine groups is 1. The van der Waals surface area contributed by atoms with Crippen molar-refractivity contribution >= 4 is 15.8 Å². The van der Waals surface area contributed by atoms with Crippen LogP contribution >= 0.6 is 0 Å². The number of hydrogen-bond donors (Lipinski definition) is 2. The van der Waals surface area contributed by atoms with Gasteiger partial charge in [-0.05, 0) is 19.1 Å². The number of nitrogens with two attached hydrogens (primary N) is 1. The van der Waals surface area contributed by atoms with E-state index in [2.05, 4.69) is 10.4 Å². The number of ether oxygens (including phenoxy) is 1. The molecule has 0 saturated heterocycles. The predicted molar refractivity (Wildman–Crippen MR) is 68.3 cm³/mol. The van der Waals surface area contributed by atoms with Gasteiger partial charge >= 0.3 is 0 Å². The van der Waals surface area contributed by atoms with Crippen LogP contribution in [0.15, 0.2) is 23.2 Å². The van der Waals surface area contributed by atoms with E-state index in [0.717, 1.165) is 0 Å². The van der Waals surface area contributed by atoms with Crippen molar-refractivity contribution in [1.82, 2.24) is 9.29 Å². The van der Waals surface area contributed by atoms with Gasteiger partial charge in [-0.25, -0.2) is 19.2 Å². The molecule has 1 aromatic rings. The third-order valence-corrected chi connectivity index (χ3v) is 4.55. The Labute approximate surface area is 107 Å². The highest BCUT2D eigenvalue weighted by Crippen LogP contribution is 2.16. The van der Waals surface area contributed by atoms with Crippen LogP contribution in [0.2, 0.25) is 0 Å². The Kier molecular flexibility index (Phi) is 5.03. The predicted octanol–water partition coefficient (Wildman–Crippen LogP) is 0.0226. The Hall–Kier alpha value is -1.22. The van der Waals surface area contributed by atoms with Crippen molar-refractivity contribution in [3.8, 4) is 0 Å². The Morgan fingerprint density at radius 2 is 2.22 bits per heavy atom. The third-order valence-electron chi connectivity index (χ3n) is 2.59. The van der Waals surface area contributed by atoms with Gasteiger partial charge in [0.25, 0.3) is 0 Å². The molecule has 0 saturated carbocycles. The minimum absolute atomic E-state index is 0.118. The van der Waals surface area contributed by atoms with E-state index in [9.17, 15) is 8.42 Å². The zero-order valence-electron chi connectivity index (χ0n) is 10.6. The fourth-order valence-corrected chi connectivity index (χ4v) is 2.66. The molecule has 0 fully saturated rings. The Morgan fingerprint density at radius 3 is 2.67 bits per heavy atom. The lowest BCUT2D eigenvalue weighted by Crippen LogP contribution is -2.37. The monoisotopic (exact) mass is 274 g/mol.